The number of hydrogen-bond acceptors (Lipinski definition) is 3. The molecule has 0 aliphatic rings. The number of rotatable bonds is 2. The Morgan fingerprint density at radius 1 is 1.29 bits per heavy atom. The molecule has 21 heavy (non-hydrogen) atoms. The Kier molecular flexibility index (Phi) is 3.91. The largest absolute Gasteiger partial charge is 0.464 e. The number of H-pyrrole nitrogens is 1. The van der Waals surface area contributed by atoms with E-state index in [0.29, 0.717) is 11.3 Å². The molecule has 0 aliphatic heterocycles. The molecule has 0 unspecified atom stereocenters. The molecule has 0 bridgehead atoms. The highest BCUT2D eigenvalue weighted by Gasteiger charge is 2.30. The summed E-state index contributed by atoms with van der Waals surface area (Å²) in [7, 11) is 2.82. The number of alkyl halides is 3. The number of halogens is 3. The quantitative estimate of drug-likeness (QED) is 0.681. The molecule has 0 saturated carbocycles. The molecule has 0 amide bonds. The molecule has 1 aromatic carbocycles. The Morgan fingerprint density at radius 3 is 2.33 bits per heavy atom. The fraction of sp³-hybridized carbons (Fsp3) is 0.231. The second-order valence-electron chi connectivity index (χ2n) is 4.28. The minimum Gasteiger partial charge on any atom is -0.464 e. The molecule has 0 spiro atoms. The number of nitrogens with zero attached hydrogens (tertiary/aromatic N) is 1. The van der Waals surface area contributed by atoms with Gasteiger partial charge < -0.3 is 14.3 Å². The molecule has 0 aliphatic carbocycles. The van der Waals surface area contributed by atoms with Crippen molar-refractivity contribution in [1.29, 1.82) is 0 Å². The molecule has 1 N–H and O–H groups in total. The Bertz CT molecular complexity index is 729. The lowest BCUT2D eigenvalue weighted by molar-refractivity contribution is -0.137. The van der Waals surface area contributed by atoms with Crippen LogP contribution in [0.15, 0.2) is 24.3 Å². The van der Waals surface area contributed by atoms with Crippen LogP contribution in [0, 0.1) is 4.77 Å². The molecule has 2 rings (SSSR count). The van der Waals surface area contributed by atoms with Crippen molar-refractivity contribution in [3.05, 3.63) is 40.3 Å². The van der Waals surface area contributed by atoms with Crippen molar-refractivity contribution in [2.24, 2.45) is 7.05 Å². The van der Waals surface area contributed by atoms with Crippen LogP contribution in [0.5, 0.6) is 0 Å². The van der Waals surface area contributed by atoms with Crippen molar-refractivity contribution < 1.29 is 22.7 Å². The number of carbonyl (C=O) groups is 1. The van der Waals surface area contributed by atoms with Crippen molar-refractivity contribution >= 4 is 18.2 Å². The number of nitrogens with one attached hydrogen (secondary N) is 1. The molecule has 112 valence electrons. The van der Waals surface area contributed by atoms with E-state index in [9.17, 15) is 18.0 Å². The van der Waals surface area contributed by atoms with Crippen LogP contribution < -0.4 is 0 Å². The number of aromatic nitrogens is 2. The zero-order valence-corrected chi connectivity index (χ0v) is 11.9. The van der Waals surface area contributed by atoms with Gasteiger partial charge in [0.25, 0.3) is 0 Å². The number of esters is 1. The molecule has 0 radical (unpaired) electrons. The normalized spacial score (nSPS) is 11.5. The molecule has 2 aromatic rings. The zero-order chi connectivity index (χ0) is 15.8. The maximum Gasteiger partial charge on any atom is 0.416 e. The lowest BCUT2D eigenvalue weighted by Crippen LogP contribution is -2.06. The smallest absolute Gasteiger partial charge is 0.416 e. The van der Waals surface area contributed by atoms with E-state index in [1.54, 1.807) is 7.05 Å². The van der Waals surface area contributed by atoms with Crippen molar-refractivity contribution in [3.8, 4) is 11.3 Å². The summed E-state index contributed by atoms with van der Waals surface area (Å²) < 4.78 is 44.1. The number of aromatic amines is 1. The molecule has 1 aromatic heterocycles. The van der Waals surface area contributed by atoms with E-state index in [4.69, 9.17) is 12.2 Å². The highest BCUT2D eigenvalue weighted by Crippen LogP contribution is 2.31. The second-order valence-corrected chi connectivity index (χ2v) is 4.67. The lowest BCUT2D eigenvalue weighted by Gasteiger charge is -2.09. The predicted molar refractivity (Wildman–Crippen MR) is 72.4 cm³/mol. The molecular formula is C13H11F3N2O2S. The Labute approximate surface area is 123 Å². The van der Waals surface area contributed by atoms with Gasteiger partial charge in [-0.1, -0.05) is 12.1 Å². The van der Waals surface area contributed by atoms with E-state index in [1.807, 2.05) is 0 Å². The van der Waals surface area contributed by atoms with Gasteiger partial charge in [-0.2, -0.15) is 13.2 Å². The number of methoxy groups -OCH3 is 1. The molecule has 4 nitrogen and oxygen atoms in total. The lowest BCUT2D eigenvalue weighted by atomic mass is 10.1. The van der Waals surface area contributed by atoms with Crippen LogP contribution in [0.3, 0.4) is 0 Å². The van der Waals surface area contributed by atoms with Crippen LogP contribution in [-0.2, 0) is 18.0 Å². The zero-order valence-electron chi connectivity index (χ0n) is 11.1. The predicted octanol–water partition coefficient (Wildman–Crippen LogP) is 3.56. The van der Waals surface area contributed by atoms with Crippen LogP contribution in [0.1, 0.15) is 16.1 Å². The summed E-state index contributed by atoms with van der Waals surface area (Å²) in [6.45, 7) is 0. The van der Waals surface area contributed by atoms with Gasteiger partial charge in [0, 0.05) is 12.6 Å². The first-order valence-corrected chi connectivity index (χ1v) is 6.21. The topological polar surface area (TPSA) is 47.0 Å². The van der Waals surface area contributed by atoms with Gasteiger partial charge in [0.2, 0.25) is 0 Å². The SMILES string of the molecule is COC(=O)c1[nH]c(=S)n(C)c1-c1ccc(C(F)(F)F)cc1. The Hall–Kier alpha value is -2.09. The van der Waals surface area contributed by atoms with Gasteiger partial charge in [0.15, 0.2) is 10.5 Å². The van der Waals surface area contributed by atoms with Gasteiger partial charge in [-0.15, -0.1) is 0 Å². The first-order chi connectivity index (χ1) is 9.75. The fourth-order valence-electron chi connectivity index (χ4n) is 1.92. The number of carbonyl (C=O) groups excluding carboxylic acids is 1. The van der Waals surface area contributed by atoms with Crippen LogP contribution in [0.25, 0.3) is 11.3 Å². The number of benzene rings is 1. The van der Waals surface area contributed by atoms with Crippen LogP contribution in [-0.4, -0.2) is 22.6 Å². The van der Waals surface area contributed by atoms with E-state index in [-0.39, 0.29) is 10.5 Å². The van der Waals surface area contributed by atoms with Gasteiger partial charge in [-0.3, -0.25) is 0 Å². The summed E-state index contributed by atoms with van der Waals surface area (Å²) in [5.74, 6) is -0.642. The minimum absolute atomic E-state index is 0.102. The first-order valence-electron chi connectivity index (χ1n) is 5.80. The third-order valence-corrected chi connectivity index (χ3v) is 3.36. The monoisotopic (exact) mass is 316 g/mol. The van der Waals surface area contributed by atoms with Gasteiger partial charge >= 0.3 is 12.1 Å². The van der Waals surface area contributed by atoms with Crippen molar-refractivity contribution in [2.75, 3.05) is 7.11 Å². The maximum absolute atomic E-state index is 12.6. The standard InChI is InChI=1S/C13H11F3N2O2S/c1-18-10(9(11(19)20-2)17-12(18)21)7-3-5-8(6-4-7)13(14,15)16/h3-6H,1-2H3,(H,17,21). The fourth-order valence-corrected chi connectivity index (χ4v) is 2.12. The van der Waals surface area contributed by atoms with Crippen molar-refractivity contribution in [2.45, 2.75) is 6.18 Å². The second kappa shape index (κ2) is 5.36. The summed E-state index contributed by atoms with van der Waals surface area (Å²) in [6.07, 6.45) is -4.41. The highest BCUT2D eigenvalue weighted by atomic mass is 32.1. The highest BCUT2D eigenvalue weighted by molar-refractivity contribution is 7.71. The van der Waals surface area contributed by atoms with Crippen LogP contribution in [0.2, 0.25) is 0 Å². The summed E-state index contributed by atoms with van der Waals surface area (Å²) in [5, 5.41) is 0. The van der Waals surface area contributed by atoms with Gasteiger partial charge in [0.05, 0.1) is 18.4 Å². The van der Waals surface area contributed by atoms with Crippen molar-refractivity contribution in [3.63, 3.8) is 0 Å². The number of ether oxygens (including phenoxy) is 1. The van der Waals surface area contributed by atoms with Crippen LogP contribution >= 0.6 is 12.2 Å². The van der Waals surface area contributed by atoms with E-state index >= 15 is 0 Å². The molecular weight excluding hydrogens is 305 g/mol. The van der Waals surface area contributed by atoms with E-state index < -0.39 is 17.7 Å². The molecule has 0 atom stereocenters. The third kappa shape index (κ3) is 2.85. The average molecular weight is 316 g/mol. The summed E-state index contributed by atoms with van der Waals surface area (Å²) in [6, 6.07) is 4.47. The first kappa shape index (κ1) is 15.3. The Balaban J connectivity index is 2.57. The summed E-state index contributed by atoms with van der Waals surface area (Å²) >= 11 is 5.03. The molecule has 0 fully saturated rings. The van der Waals surface area contributed by atoms with Crippen LogP contribution in [0.4, 0.5) is 13.2 Å². The van der Waals surface area contributed by atoms with Crippen molar-refractivity contribution in [1.82, 2.24) is 9.55 Å². The van der Waals surface area contributed by atoms with Gasteiger partial charge in [0.1, 0.15) is 0 Å². The molecule has 8 heteroatoms. The summed E-state index contributed by atoms with van der Waals surface area (Å²) in [4.78, 5) is 14.4. The summed E-state index contributed by atoms with van der Waals surface area (Å²) in [5.41, 5.74) is 0.145. The van der Waals surface area contributed by atoms with E-state index in [1.165, 1.54) is 23.8 Å². The van der Waals surface area contributed by atoms with Gasteiger partial charge in [-0.05, 0) is 24.4 Å². The molecule has 1 heterocycles. The van der Waals surface area contributed by atoms with E-state index in [0.717, 1.165) is 12.1 Å². The third-order valence-electron chi connectivity index (χ3n) is 2.98. The number of hydrogen-bond donors (Lipinski definition) is 1. The van der Waals surface area contributed by atoms with Gasteiger partial charge in [-0.25, -0.2) is 4.79 Å². The Morgan fingerprint density at radius 2 is 1.86 bits per heavy atom. The average Bonchev–Trinajstić information content (AvgIpc) is 2.73. The minimum atomic E-state index is -4.41. The molecule has 0 saturated heterocycles. The number of imidazole rings is 1. The maximum atomic E-state index is 12.6. The van der Waals surface area contributed by atoms with E-state index in [2.05, 4.69) is 9.72 Å².